The van der Waals surface area contributed by atoms with Gasteiger partial charge in [-0.25, -0.2) is 4.39 Å². The Morgan fingerprint density at radius 2 is 1.90 bits per heavy atom. The number of rotatable bonds is 7. The second-order valence-electron chi connectivity index (χ2n) is 6.31. The minimum absolute atomic E-state index is 0.0831. The maximum absolute atomic E-state index is 14.0. The first-order valence-electron chi connectivity index (χ1n) is 8.33. The molecule has 0 radical (unpaired) electrons. The maximum Gasteiger partial charge on any atom is 0.126 e. The minimum Gasteiger partial charge on any atom is -0.312 e. The van der Waals surface area contributed by atoms with Gasteiger partial charge in [0.15, 0.2) is 0 Å². The Kier molecular flexibility index (Phi) is 5.77. The lowest BCUT2D eigenvalue weighted by Gasteiger charge is -2.45. The standard InChI is InChI=1S/C18H29FN2/c1-4-18(3,21-12-8-9-13-21)17(20-5-2)14-15-10-6-7-11-16(15)19/h6-7,10-11,17,20H,4-5,8-9,12-14H2,1-3H3. The lowest BCUT2D eigenvalue weighted by atomic mass is 9.83. The van der Waals surface area contributed by atoms with Crippen molar-refractivity contribution in [3.8, 4) is 0 Å². The van der Waals surface area contributed by atoms with Gasteiger partial charge >= 0.3 is 0 Å². The summed E-state index contributed by atoms with van der Waals surface area (Å²) >= 11 is 0. The van der Waals surface area contributed by atoms with Crippen LogP contribution >= 0.6 is 0 Å². The molecule has 0 saturated carbocycles. The van der Waals surface area contributed by atoms with E-state index in [0.717, 1.165) is 24.9 Å². The summed E-state index contributed by atoms with van der Waals surface area (Å²) in [6.07, 6.45) is 4.41. The fourth-order valence-corrected chi connectivity index (χ4v) is 3.56. The lowest BCUT2D eigenvalue weighted by molar-refractivity contribution is 0.0843. The summed E-state index contributed by atoms with van der Waals surface area (Å²) in [7, 11) is 0. The van der Waals surface area contributed by atoms with Crippen molar-refractivity contribution in [2.24, 2.45) is 0 Å². The van der Waals surface area contributed by atoms with Crippen molar-refractivity contribution < 1.29 is 4.39 Å². The molecule has 0 bridgehead atoms. The molecule has 0 amide bonds. The Morgan fingerprint density at radius 1 is 1.24 bits per heavy atom. The van der Waals surface area contributed by atoms with Gasteiger partial charge in [-0.1, -0.05) is 32.0 Å². The fraction of sp³-hybridized carbons (Fsp3) is 0.667. The molecular weight excluding hydrogens is 263 g/mol. The zero-order chi connectivity index (χ0) is 15.3. The number of likely N-dealkylation sites (N-methyl/N-ethyl adjacent to an activating group) is 1. The number of hydrogen-bond acceptors (Lipinski definition) is 2. The molecule has 1 fully saturated rings. The predicted octanol–water partition coefficient (Wildman–Crippen LogP) is 3.61. The van der Waals surface area contributed by atoms with Crippen LogP contribution in [0.15, 0.2) is 24.3 Å². The number of nitrogens with zero attached hydrogens (tertiary/aromatic N) is 1. The van der Waals surface area contributed by atoms with Gasteiger partial charge in [-0.15, -0.1) is 0 Å². The average molecular weight is 292 g/mol. The van der Waals surface area contributed by atoms with Crippen LogP contribution in [0.25, 0.3) is 0 Å². The van der Waals surface area contributed by atoms with Crippen molar-refractivity contribution in [2.45, 2.75) is 58.0 Å². The molecule has 2 nitrogen and oxygen atoms in total. The highest BCUT2D eigenvalue weighted by Crippen LogP contribution is 2.30. The molecule has 1 aliphatic heterocycles. The molecule has 2 unspecified atom stereocenters. The molecule has 1 aromatic carbocycles. The molecular formula is C18H29FN2. The summed E-state index contributed by atoms with van der Waals surface area (Å²) in [4.78, 5) is 2.60. The topological polar surface area (TPSA) is 15.3 Å². The molecule has 3 heteroatoms. The van der Waals surface area contributed by atoms with E-state index in [9.17, 15) is 4.39 Å². The fourth-order valence-electron chi connectivity index (χ4n) is 3.56. The molecule has 1 N–H and O–H groups in total. The van der Waals surface area contributed by atoms with Gasteiger partial charge in [0.05, 0.1) is 0 Å². The highest BCUT2D eigenvalue weighted by molar-refractivity contribution is 5.20. The highest BCUT2D eigenvalue weighted by atomic mass is 19.1. The second-order valence-corrected chi connectivity index (χ2v) is 6.31. The van der Waals surface area contributed by atoms with Gasteiger partial charge < -0.3 is 5.32 Å². The summed E-state index contributed by atoms with van der Waals surface area (Å²) in [5.74, 6) is -0.0831. The smallest absolute Gasteiger partial charge is 0.126 e. The van der Waals surface area contributed by atoms with Crippen LogP contribution in [-0.2, 0) is 6.42 Å². The third-order valence-electron chi connectivity index (χ3n) is 5.13. The Hall–Kier alpha value is -0.930. The van der Waals surface area contributed by atoms with Crippen LogP contribution < -0.4 is 5.32 Å². The van der Waals surface area contributed by atoms with Crippen LogP contribution in [0.3, 0.4) is 0 Å². The molecule has 0 spiro atoms. The predicted molar refractivity (Wildman–Crippen MR) is 87.1 cm³/mol. The van der Waals surface area contributed by atoms with Crippen LogP contribution in [-0.4, -0.2) is 36.1 Å². The molecule has 0 aliphatic carbocycles. The van der Waals surface area contributed by atoms with Crippen molar-refractivity contribution in [1.29, 1.82) is 0 Å². The Morgan fingerprint density at radius 3 is 2.48 bits per heavy atom. The molecule has 118 valence electrons. The summed E-state index contributed by atoms with van der Waals surface area (Å²) in [5.41, 5.74) is 0.914. The van der Waals surface area contributed by atoms with Gasteiger partial charge in [-0.3, -0.25) is 4.90 Å². The number of nitrogens with one attached hydrogen (secondary N) is 1. The van der Waals surface area contributed by atoms with Crippen LogP contribution in [0.5, 0.6) is 0 Å². The van der Waals surface area contributed by atoms with Crippen molar-refractivity contribution >= 4 is 0 Å². The van der Waals surface area contributed by atoms with E-state index < -0.39 is 0 Å². The second kappa shape index (κ2) is 7.37. The molecule has 1 heterocycles. The Balaban J connectivity index is 2.21. The van der Waals surface area contributed by atoms with E-state index in [0.29, 0.717) is 0 Å². The quantitative estimate of drug-likeness (QED) is 0.826. The van der Waals surface area contributed by atoms with E-state index in [2.05, 4.69) is 31.0 Å². The number of halogens is 1. The number of likely N-dealkylation sites (tertiary alicyclic amines) is 1. The first-order chi connectivity index (χ1) is 10.1. The summed E-state index contributed by atoms with van der Waals surface area (Å²) in [5, 5.41) is 3.62. The highest BCUT2D eigenvalue weighted by Gasteiger charge is 2.39. The van der Waals surface area contributed by atoms with Crippen LogP contribution in [0.2, 0.25) is 0 Å². The molecule has 2 rings (SSSR count). The van der Waals surface area contributed by atoms with Gasteiger partial charge in [-0.05, 0) is 63.9 Å². The van der Waals surface area contributed by atoms with Crippen molar-refractivity contribution in [2.75, 3.05) is 19.6 Å². The van der Waals surface area contributed by atoms with Crippen molar-refractivity contribution in [3.05, 3.63) is 35.6 Å². The maximum atomic E-state index is 14.0. The molecule has 0 aromatic heterocycles. The van der Waals surface area contributed by atoms with E-state index in [1.807, 2.05) is 12.1 Å². The molecule has 1 aliphatic rings. The van der Waals surface area contributed by atoms with Gasteiger partial charge in [0.1, 0.15) is 5.82 Å². The number of benzene rings is 1. The van der Waals surface area contributed by atoms with Crippen LogP contribution in [0.4, 0.5) is 4.39 Å². The average Bonchev–Trinajstić information content (AvgIpc) is 3.03. The first kappa shape index (κ1) is 16.4. The van der Waals surface area contributed by atoms with Gasteiger partial charge in [0.25, 0.3) is 0 Å². The zero-order valence-corrected chi connectivity index (χ0v) is 13.7. The van der Waals surface area contributed by atoms with Crippen molar-refractivity contribution in [3.63, 3.8) is 0 Å². The Labute approximate surface area is 128 Å². The molecule has 21 heavy (non-hydrogen) atoms. The van der Waals surface area contributed by atoms with Crippen molar-refractivity contribution in [1.82, 2.24) is 10.2 Å². The SMILES string of the molecule is CCNC(Cc1ccccc1F)C(C)(CC)N1CCCC1. The minimum atomic E-state index is -0.0831. The van der Waals surface area contributed by atoms with Gasteiger partial charge in [0, 0.05) is 11.6 Å². The Bertz CT molecular complexity index is 443. The lowest BCUT2D eigenvalue weighted by Crippen LogP contribution is -2.59. The van der Waals surface area contributed by atoms with E-state index in [4.69, 9.17) is 0 Å². The first-order valence-corrected chi connectivity index (χ1v) is 8.33. The van der Waals surface area contributed by atoms with Crippen LogP contribution in [0, 0.1) is 5.82 Å². The molecule has 2 atom stereocenters. The third-order valence-corrected chi connectivity index (χ3v) is 5.13. The van der Waals surface area contributed by atoms with E-state index in [1.54, 1.807) is 12.1 Å². The van der Waals surface area contributed by atoms with Gasteiger partial charge in [0.2, 0.25) is 0 Å². The normalized spacial score (nSPS) is 20.4. The summed E-state index contributed by atoms with van der Waals surface area (Å²) in [6.45, 7) is 9.99. The summed E-state index contributed by atoms with van der Waals surface area (Å²) in [6, 6.07) is 7.46. The molecule has 1 aromatic rings. The van der Waals surface area contributed by atoms with E-state index in [1.165, 1.54) is 25.9 Å². The van der Waals surface area contributed by atoms with Gasteiger partial charge in [-0.2, -0.15) is 0 Å². The van der Waals surface area contributed by atoms with E-state index in [-0.39, 0.29) is 17.4 Å². The number of hydrogen-bond donors (Lipinski definition) is 1. The largest absolute Gasteiger partial charge is 0.312 e. The monoisotopic (exact) mass is 292 g/mol. The zero-order valence-electron chi connectivity index (χ0n) is 13.7. The van der Waals surface area contributed by atoms with E-state index >= 15 is 0 Å². The third kappa shape index (κ3) is 3.64. The molecule has 1 saturated heterocycles. The van der Waals surface area contributed by atoms with Crippen LogP contribution in [0.1, 0.15) is 45.6 Å². The summed E-state index contributed by atoms with van der Waals surface area (Å²) < 4.78 is 14.0.